The van der Waals surface area contributed by atoms with Crippen molar-refractivity contribution >= 4 is 23.2 Å². The fourth-order valence-corrected chi connectivity index (χ4v) is 2.97. The zero-order valence-electron chi connectivity index (χ0n) is 14.3. The molecule has 0 aliphatic carbocycles. The minimum absolute atomic E-state index is 0.338. The number of pyridine rings is 1. The first-order chi connectivity index (χ1) is 12.6. The molecular weight excluding hydrogens is 335 g/mol. The maximum Gasteiger partial charge on any atom is 0.313 e. The van der Waals surface area contributed by atoms with Crippen molar-refractivity contribution in [2.75, 3.05) is 29.9 Å². The van der Waals surface area contributed by atoms with Crippen LogP contribution in [0.25, 0.3) is 0 Å². The highest BCUT2D eigenvalue weighted by Gasteiger charge is 2.21. The fraction of sp³-hybridized carbons (Fsp3) is 0.316. The lowest BCUT2D eigenvalue weighted by Crippen LogP contribution is -2.41. The van der Waals surface area contributed by atoms with Crippen LogP contribution in [0, 0.1) is 11.7 Å². The first-order valence-corrected chi connectivity index (χ1v) is 8.61. The summed E-state index contributed by atoms with van der Waals surface area (Å²) >= 11 is 0. The van der Waals surface area contributed by atoms with Gasteiger partial charge in [-0.1, -0.05) is 0 Å². The molecule has 136 valence electrons. The number of carbonyl (C=O) groups excluding carboxylic acids is 2. The van der Waals surface area contributed by atoms with E-state index < -0.39 is 17.6 Å². The zero-order valence-corrected chi connectivity index (χ0v) is 14.3. The second-order valence-corrected chi connectivity index (χ2v) is 6.31. The monoisotopic (exact) mass is 356 g/mol. The van der Waals surface area contributed by atoms with Crippen molar-refractivity contribution in [2.45, 2.75) is 12.8 Å². The van der Waals surface area contributed by atoms with Crippen LogP contribution in [-0.2, 0) is 9.59 Å². The van der Waals surface area contributed by atoms with Gasteiger partial charge < -0.3 is 15.5 Å². The number of carbonyl (C=O) groups is 2. The molecule has 1 saturated heterocycles. The average molecular weight is 356 g/mol. The van der Waals surface area contributed by atoms with E-state index in [1.54, 1.807) is 6.20 Å². The molecule has 0 saturated carbocycles. The summed E-state index contributed by atoms with van der Waals surface area (Å²) in [5, 5.41) is 5.13. The predicted octanol–water partition coefficient (Wildman–Crippen LogP) is 2.19. The van der Waals surface area contributed by atoms with Gasteiger partial charge in [0.15, 0.2) is 0 Å². The third-order valence-electron chi connectivity index (χ3n) is 4.49. The molecule has 0 atom stereocenters. The lowest BCUT2D eigenvalue weighted by Gasteiger charge is -2.33. The lowest BCUT2D eigenvalue weighted by molar-refractivity contribution is -0.136. The highest BCUT2D eigenvalue weighted by Crippen LogP contribution is 2.21. The normalized spacial score (nSPS) is 14.7. The number of hydrogen-bond donors (Lipinski definition) is 2. The molecule has 1 fully saturated rings. The molecular formula is C19H21FN4O2. The van der Waals surface area contributed by atoms with Crippen LogP contribution >= 0.6 is 0 Å². The predicted molar refractivity (Wildman–Crippen MR) is 97.2 cm³/mol. The van der Waals surface area contributed by atoms with Gasteiger partial charge in [-0.15, -0.1) is 0 Å². The largest absolute Gasteiger partial charge is 0.370 e. The van der Waals surface area contributed by atoms with Gasteiger partial charge in [-0.2, -0.15) is 0 Å². The standard InChI is InChI=1S/C19H21FN4O2/c20-15-3-5-16(6-4-15)23-19(26)18(25)22-12-14-7-10-24(11-8-14)17-2-1-9-21-13-17/h1-6,9,13-14H,7-8,10-12H2,(H,22,25)(H,23,26). The van der Waals surface area contributed by atoms with E-state index >= 15 is 0 Å². The first kappa shape index (κ1) is 17.8. The second-order valence-electron chi connectivity index (χ2n) is 6.31. The van der Waals surface area contributed by atoms with Crippen molar-refractivity contribution in [1.29, 1.82) is 0 Å². The molecule has 1 aliphatic rings. The summed E-state index contributed by atoms with van der Waals surface area (Å²) in [6.07, 6.45) is 5.48. The first-order valence-electron chi connectivity index (χ1n) is 8.61. The van der Waals surface area contributed by atoms with E-state index in [2.05, 4.69) is 20.5 Å². The third kappa shape index (κ3) is 4.78. The molecule has 7 heteroatoms. The van der Waals surface area contributed by atoms with Crippen LogP contribution < -0.4 is 15.5 Å². The Morgan fingerprint density at radius 1 is 1.12 bits per heavy atom. The van der Waals surface area contributed by atoms with Gasteiger partial charge in [0.25, 0.3) is 0 Å². The van der Waals surface area contributed by atoms with Crippen LogP contribution in [-0.4, -0.2) is 36.4 Å². The highest BCUT2D eigenvalue weighted by atomic mass is 19.1. The third-order valence-corrected chi connectivity index (χ3v) is 4.49. The summed E-state index contributed by atoms with van der Waals surface area (Å²) in [7, 11) is 0. The lowest BCUT2D eigenvalue weighted by atomic mass is 9.96. The number of nitrogens with one attached hydrogen (secondary N) is 2. The van der Waals surface area contributed by atoms with Gasteiger partial charge in [-0.05, 0) is 55.2 Å². The number of benzene rings is 1. The van der Waals surface area contributed by atoms with Crippen LogP contribution in [0.5, 0.6) is 0 Å². The number of nitrogens with zero attached hydrogens (tertiary/aromatic N) is 2. The van der Waals surface area contributed by atoms with Crippen LogP contribution in [0.4, 0.5) is 15.8 Å². The van der Waals surface area contributed by atoms with Gasteiger partial charge in [0.1, 0.15) is 5.82 Å². The topological polar surface area (TPSA) is 74.3 Å². The van der Waals surface area contributed by atoms with Crippen LogP contribution in [0.3, 0.4) is 0 Å². The number of hydrogen-bond acceptors (Lipinski definition) is 4. The molecule has 1 aliphatic heterocycles. The van der Waals surface area contributed by atoms with Crippen LogP contribution in [0.2, 0.25) is 0 Å². The molecule has 0 unspecified atom stereocenters. The summed E-state index contributed by atoms with van der Waals surface area (Å²) < 4.78 is 12.8. The molecule has 2 amide bonds. The van der Waals surface area contributed by atoms with E-state index in [-0.39, 0.29) is 0 Å². The van der Waals surface area contributed by atoms with Gasteiger partial charge in [-0.3, -0.25) is 14.6 Å². The summed E-state index contributed by atoms with van der Waals surface area (Å²) in [6.45, 7) is 2.26. The van der Waals surface area contributed by atoms with Gasteiger partial charge in [0.05, 0.1) is 11.9 Å². The van der Waals surface area contributed by atoms with Crippen molar-refractivity contribution in [3.8, 4) is 0 Å². The Kier molecular flexibility index (Phi) is 5.78. The number of piperidine rings is 1. The van der Waals surface area contributed by atoms with Crippen molar-refractivity contribution in [1.82, 2.24) is 10.3 Å². The average Bonchev–Trinajstić information content (AvgIpc) is 2.69. The van der Waals surface area contributed by atoms with Crippen LogP contribution in [0.1, 0.15) is 12.8 Å². The maximum absolute atomic E-state index is 12.8. The molecule has 3 rings (SSSR count). The fourth-order valence-electron chi connectivity index (χ4n) is 2.97. The molecule has 0 spiro atoms. The Morgan fingerprint density at radius 3 is 2.50 bits per heavy atom. The molecule has 1 aromatic carbocycles. The van der Waals surface area contributed by atoms with Crippen molar-refractivity contribution in [3.05, 3.63) is 54.6 Å². The molecule has 2 aromatic rings. The van der Waals surface area contributed by atoms with Gasteiger partial charge in [-0.25, -0.2) is 4.39 Å². The Morgan fingerprint density at radius 2 is 1.85 bits per heavy atom. The highest BCUT2D eigenvalue weighted by molar-refractivity contribution is 6.39. The summed E-state index contributed by atoms with van der Waals surface area (Å²) in [5.74, 6) is -1.48. The van der Waals surface area contributed by atoms with E-state index in [1.165, 1.54) is 24.3 Å². The van der Waals surface area contributed by atoms with Crippen molar-refractivity contribution < 1.29 is 14.0 Å². The number of halogens is 1. The van der Waals surface area contributed by atoms with E-state index in [1.807, 2.05) is 18.3 Å². The van der Waals surface area contributed by atoms with E-state index in [4.69, 9.17) is 0 Å². The van der Waals surface area contributed by atoms with Gasteiger partial charge in [0.2, 0.25) is 0 Å². The minimum atomic E-state index is -0.746. The van der Waals surface area contributed by atoms with Crippen molar-refractivity contribution in [2.24, 2.45) is 5.92 Å². The molecule has 0 radical (unpaired) electrons. The summed E-state index contributed by atoms with van der Waals surface area (Å²) in [4.78, 5) is 30.2. The summed E-state index contributed by atoms with van der Waals surface area (Å²) in [5.41, 5.74) is 1.49. The Bertz CT molecular complexity index is 744. The van der Waals surface area contributed by atoms with E-state index in [9.17, 15) is 14.0 Å². The molecule has 0 bridgehead atoms. The smallest absolute Gasteiger partial charge is 0.313 e. The Hall–Kier alpha value is -2.96. The molecule has 2 heterocycles. The maximum atomic E-state index is 12.8. The molecule has 1 aromatic heterocycles. The minimum Gasteiger partial charge on any atom is -0.370 e. The van der Waals surface area contributed by atoms with Gasteiger partial charge >= 0.3 is 11.8 Å². The van der Waals surface area contributed by atoms with Crippen LogP contribution in [0.15, 0.2) is 48.8 Å². The second kappa shape index (κ2) is 8.42. The van der Waals surface area contributed by atoms with E-state index in [0.29, 0.717) is 18.2 Å². The Balaban J connectivity index is 1.41. The number of amides is 2. The number of anilines is 2. The Labute approximate surface area is 151 Å². The number of aromatic nitrogens is 1. The van der Waals surface area contributed by atoms with E-state index in [0.717, 1.165) is 31.6 Å². The molecule has 6 nitrogen and oxygen atoms in total. The number of rotatable bonds is 4. The quantitative estimate of drug-likeness (QED) is 0.824. The van der Waals surface area contributed by atoms with Crippen molar-refractivity contribution in [3.63, 3.8) is 0 Å². The molecule has 2 N–H and O–H groups in total. The zero-order chi connectivity index (χ0) is 18.4. The summed E-state index contributed by atoms with van der Waals surface area (Å²) in [6, 6.07) is 9.23. The molecule has 26 heavy (non-hydrogen) atoms. The van der Waals surface area contributed by atoms with Gasteiger partial charge in [0, 0.05) is 31.5 Å². The SMILES string of the molecule is O=C(NCC1CCN(c2cccnc2)CC1)C(=O)Nc1ccc(F)cc1.